The first-order chi connectivity index (χ1) is 10.3. The number of rotatable bonds is 5. The van der Waals surface area contributed by atoms with Crippen molar-refractivity contribution in [3.63, 3.8) is 0 Å². The Balaban J connectivity index is 1.56. The summed E-state index contributed by atoms with van der Waals surface area (Å²) in [4.78, 5) is 14.1. The fraction of sp³-hybridized carbons (Fsp3) is 0.611. The maximum Gasteiger partial charge on any atom is 0.219 e. The summed E-state index contributed by atoms with van der Waals surface area (Å²) in [7, 11) is 0. The monoisotopic (exact) mass is 286 g/mol. The minimum atomic E-state index is 0.189. The van der Waals surface area contributed by atoms with E-state index in [4.69, 9.17) is 0 Å². The van der Waals surface area contributed by atoms with Crippen molar-refractivity contribution in [2.24, 2.45) is 5.92 Å². The van der Waals surface area contributed by atoms with Gasteiger partial charge in [0.05, 0.1) is 0 Å². The van der Waals surface area contributed by atoms with Crippen molar-refractivity contribution in [2.45, 2.75) is 57.7 Å². The molecular formula is C18H26N2O. The summed E-state index contributed by atoms with van der Waals surface area (Å²) in [6.07, 6.45) is 5.74. The summed E-state index contributed by atoms with van der Waals surface area (Å²) in [5.41, 5.74) is 1.42. The average Bonchev–Trinajstić information content (AvgIpc) is 2.75. The van der Waals surface area contributed by atoms with Gasteiger partial charge in [-0.05, 0) is 37.2 Å². The number of carbonyl (C=O) groups is 1. The van der Waals surface area contributed by atoms with Crippen LogP contribution in [0.1, 0.15) is 44.6 Å². The summed E-state index contributed by atoms with van der Waals surface area (Å²) in [6.45, 7) is 3.88. The van der Waals surface area contributed by atoms with Crippen LogP contribution in [0.5, 0.6) is 0 Å². The Morgan fingerprint density at radius 1 is 1.19 bits per heavy atom. The van der Waals surface area contributed by atoms with Crippen LogP contribution in [-0.2, 0) is 11.3 Å². The van der Waals surface area contributed by atoms with Gasteiger partial charge in [-0.3, -0.25) is 9.69 Å². The minimum absolute atomic E-state index is 0.189. The fourth-order valence-electron chi connectivity index (χ4n) is 3.99. The summed E-state index contributed by atoms with van der Waals surface area (Å²) in [5.74, 6) is 0.860. The molecule has 0 saturated carbocycles. The average molecular weight is 286 g/mol. The van der Waals surface area contributed by atoms with Crippen LogP contribution < -0.4 is 5.32 Å². The van der Waals surface area contributed by atoms with E-state index in [1.165, 1.54) is 31.2 Å². The molecule has 1 N–H and O–H groups in total. The SMILES string of the molecule is CCC(=O)NCC1CC2CCC(C1)N2Cc1ccccc1. The highest BCUT2D eigenvalue weighted by Gasteiger charge is 2.40. The van der Waals surface area contributed by atoms with Crippen molar-refractivity contribution in [3.8, 4) is 0 Å². The van der Waals surface area contributed by atoms with Gasteiger partial charge in [-0.25, -0.2) is 0 Å². The van der Waals surface area contributed by atoms with Crippen molar-refractivity contribution >= 4 is 5.91 Å². The molecule has 3 nitrogen and oxygen atoms in total. The van der Waals surface area contributed by atoms with Crippen LogP contribution >= 0.6 is 0 Å². The highest BCUT2D eigenvalue weighted by Crippen LogP contribution is 2.39. The molecule has 0 radical (unpaired) electrons. The van der Waals surface area contributed by atoms with Crippen molar-refractivity contribution in [2.75, 3.05) is 6.54 Å². The molecule has 2 unspecified atom stereocenters. The van der Waals surface area contributed by atoms with Crippen molar-refractivity contribution in [3.05, 3.63) is 35.9 Å². The molecule has 21 heavy (non-hydrogen) atoms. The number of amides is 1. The molecule has 114 valence electrons. The van der Waals surface area contributed by atoms with Gasteiger partial charge in [0, 0.05) is 31.6 Å². The molecule has 2 fully saturated rings. The Kier molecular flexibility index (Phi) is 4.59. The molecule has 0 spiro atoms. The van der Waals surface area contributed by atoms with E-state index in [-0.39, 0.29) is 5.91 Å². The number of fused-ring (bicyclic) bond motifs is 2. The number of benzene rings is 1. The van der Waals surface area contributed by atoms with E-state index in [9.17, 15) is 4.79 Å². The van der Waals surface area contributed by atoms with Gasteiger partial charge in [0.1, 0.15) is 0 Å². The molecule has 2 bridgehead atoms. The summed E-state index contributed by atoms with van der Waals surface area (Å²) >= 11 is 0. The zero-order valence-corrected chi connectivity index (χ0v) is 12.9. The van der Waals surface area contributed by atoms with Crippen LogP contribution in [0.3, 0.4) is 0 Å². The van der Waals surface area contributed by atoms with E-state index in [0.29, 0.717) is 24.4 Å². The molecule has 3 rings (SSSR count). The van der Waals surface area contributed by atoms with Crippen LogP contribution in [-0.4, -0.2) is 29.4 Å². The molecule has 2 aliphatic heterocycles. The van der Waals surface area contributed by atoms with Gasteiger partial charge < -0.3 is 5.32 Å². The summed E-state index contributed by atoms with van der Waals surface area (Å²) < 4.78 is 0. The number of nitrogens with zero attached hydrogens (tertiary/aromatic N) is 1. The smallest absolute Gasteiger partial charge is 0.219 e. The van der Waals surface area contributed by atoms with E-state index < -0.39 is 0 Å². The van der Waals surface area contributed by atoms with E-state index in [0.717, 1.165) is 13.1 Å². The third kappa shape index (κ3) is 3.46. The molecule has 2 saturated heterocycles. The number of piperidine rings is 1. The van der Waals surface area contributed by atoms with Crippen LogP contribution in [0.15, 0.2) is 30.3 Å². The molecule has 2 heterocycles. The first-order valence-corrected chi connectivity index (χ1v) is 8.32. The lowest BCUT2D eigenvalue weighted by Crippen LogP contribution is -2.45. The fourth-order valence-corrected chi connectivity index (χ4v) is 3.99. The van der Waals surface area contributed by atoms with Gasteiger partial charge in [-0.2, -0.15) is 0 Å². The Labute approximate surface area is 127 Å². The lowest BCUT2D eigenvalue weighted by Gasteiger charge is -2.39. The normalized spacial score (nSPS) is 28.5. The maximum absolute atomic E-state index is 11.4. The van der Waals surface area contributed by atoms with E-state index in [1.54, 1.807) is 0 Å². The quantitative estimate of drug-likeness (QED) is 0.902. The molecule has 0 aliphatic carbocycles. The molecule has 0 aromatic heterocycles. The lowest BCUT2D eigenvalue weighted by molar-refractivity contribution is -0.121. The van der Waals surface area contributed by atoms with Crippen molar-refractivity contribution in [1.82, 2.24) is 10.2 Å². The third-order valence-electron chi connectivity index (χ3n) is 5.10. The van der Waals surface area contributed by atoms with E-state index >= 15 is 0 Å². The zero-order valence-electron chi connectivity index (χ0n) is 12.9. The third-order valence-corrected chi connectivity index (χ3v) is 5.10. The second-order valence-electron chi connectivity index (χ2n) is 6.54. The second-order valence-corrected chi connectivity index (χ2v) is 6.54. The minimum Gasteiger partial charge on any atom is -0.356 e. The number of carbonyl (C=O) groups excluding carboxylic acids is 1. The topological polar surface area (TPSA) is 32.3 Å². The van der Waals surface area contributed by atoms with Gasteiger partial charge >= 0.3 is 0 Å². The highest BCUT2D eigenvalue weighted by atomic mass is 16.1. The van der Waals surface area contributed by atoms with E-state index in [2.05, 4.69) is 40.5 Å². The molecule has 1 aromatic carbocycles. The summed E-state index contributed by atoms with van der Waals surface area (Å²) in [6, 6.07) is 12.2. The van der Waals surface area contributed by atoms with Gasteiger partial charge in [0.2, 0.25) is 5.91 Å². The number of nitrogens with one attached hydrogen (secondary N) is 1. The van der Waals surface area contributed by atoms with Crippen LogP contribution in [0.25, 0.3) is 0 Å². The van der Waals surface area contributed by atoms with Crippen LogP contribution in [0.2, 0.25) is 0 Å². The molecule has 1 amide bonds. The molecule has 3 heteroatoms. The number of hydrogen-bond acceptors (Lipinski definition) is 2. The maximum atomic E-state index is 11.4. The van der Waals surface area contributed by atoms with Gasteiger partial charge in [-0.15, -0.1) is 0 Å². The molecular weight excluding hydrogens is 260 g/mol. The van der Waals surface area contributed by atoms with Crippen LogP contribution in [0, 0.1) is 5.92 Å². The Morgan fingerprint density at radius 2 is 1.86 bits per heavy atom. The van der Waals surface area contributed by atoms with Crippen LogP contribution in [0.4, 0.5) is 0 Å². The predicted molar refractivity (Wildman–Crippen MR) is 84.8 cm³/mol. The lowest BCUT2D eigenvalue weighted by atomic mass is 9.90. The van der Waals surface area contributed by atoms with Crippen molar-refractivity contribution < 1.29 is 4.79 Å². The Morgan fingerprint density at radius 3 is 2.48 bits per heavy atom. The van der Waals surface area contributed by atoms with Gasteiger partial charge in [-0.1, -0.05) is 37.3 Å². The Bertz CT molecular complexity index is 459. The zero-order chi connectivity index (χ0) is 14.7. The largest absolute Gasteiger partial charge is 0.356 e. The van der Waals surface area contributed by atoms with E-state index in [1.807, 2.05) is 6.92 Å². The summed E-state index contributed by atoms with van der Waals surface area (Å²) in [5, 5.41) is 3.08. The molecule has 2 atom stereocenters. The standard InChI is InChI=1S/C18H26N2O/c1-2-18(21)19-12-15-10-16-8-9-17(11-15)20(16)13-14-6-4-3-5-7-14/h3-7,15-17H,2,8-13H2,1H3,(H,19,21). The Hall–Kier alpha value is -1.35. The molecule has 2 aliphatic rings. The number of hydrogen-bond donors (Lipinski definition) is 1. The first kappa shape index (κ1) is 14.6. The predicted octanol–water partition coefficient (Wildman–Crippen LogP) is 2.96. The highest BCUT2D eigenvalue weighted by molar-refractivity contribution is 5.75. The van der Waals surface area contributed by atoms with Crippen molar-refractivity contribution in [1.29, 1.82) is 0 Å². The van der Waals surface area contributed by atoms with Gasteiger partial charge in [0.25, 0.3) is 0 Å². The second kappa shape index (κ2) is 6.61. The first-order valence-electron chi connectivity index (χ1n) is 8.32. The van der Waals surface area contributed by atoms with Gasteiger partial charge in [0.15, 0.2) is 0 Å². The molecule has 1 aromatic rings.